The number of para-hydroxylation sites is 1. The van der Waals surface area contributed by atoms with Crippen LogP contribution < -0.4 is 10.1 Å². The number of methoxy groups -OCH3 is 1. The number of aryl methyl sites for hydroxylation is 1. The quantitative estimate of drug-likeness (QED) is 0.710. The molecule has 8 nitrogen and oxygen atoms in total. The summed E-state index contributed by atoms with van der Waals surface area (Å²) < 4.78 is 16.1. The van der Waals surface area contributed by atoms with Gasteiger partial charge in [0.05, 0.1) is 5.69 Å². The van der Waals surface area contributed by atoms with Gasteiger partial charge in [-0.2, -0.15) is 4.98 Å². The number of nitrogens with zero attached hydrogens (tertiary/aromatic N) is 4. The first-order valence-corrected chi connectivity index (χ1v) is 8.84. The fraction of sp³-hybridized carbons (Fsp3) is 0.368. The van der Waals surface area contributed by atoms with Crippen LogP contribution >= 0.6 is 0 Å². The zero-order valence-corrected chi connectivity index (χ0v) is 15.4. The van der Waals surface area contributed by atoms with Crippen LogP contribution in [0.3, 0.4) is 0 Å². The van der Waals surface area contributed by atoms with Crippen molar-refractivity contribution >= 4 is 5.82 Å². The molecule has 0 saturated carbocycles. The Morgan fingerprint density at radius 3 is 2.96 bits per heavy atom. The summed E-state index contributed by atoms with van der Waals surface area (Å²) in [5.41, 5.74) is 3.12. The SMILES string of the molecule is COCc1noc(CCNc2nc(C)nc3c2Cc2ccccc2OC3)n1. The molecule has 4 rings (SSSR count). The Morgan fingerprint density at radius 2 is 2.07 bits per heavy atom. The van der Waals surface area contributed by atoms with Crippen LogP contribution in [0.25, 0.3) is 0 Å². The lowest BCUT2D eigenvalue weighted by Crippen LogP contribution is -2.13. The number of nitrogens with one attached hydrogen (secondary N) is 1. The van der Waals surface area contributed by atoms with Crippen molar-refractivity contribution in [2.75, 3.05) is 19.0 Å². The van der Waals surface area contributed by atoms with Gasteiger partial charge in [0.1, 0.15) is 30.6 Å². The van der Waals surface area contributed by atoms with Crippen LogP contribution in [-0.4, -0.2) is 33.8 Å². The fourth-order valence-electron chi connectivity index (χ4n) is 3.10. The van der Waals surface area contributed by atoms with Gasteiger partial charge in [0.15, 0.2) is 5.82 Å². The van der Waals surface area contributed by atoms with Crippen LogP contribution in [0.15, 0.2) is 28.8 Å². The second kappa shape index (κ2) is 7.71. The lowest BCUT2D eigenvalue weighted by atomic mass is 10.0. The van der Waals surface area contributed by atoms with E-state index in [9.17, 15) is 0 Å². The summed E-state index contributed by atoms with van der Waals surface area (Å²) in [4.78, 5) is 13.5. The molecule has 0 bridgehead atoms. The predicted octanol–water partition coefficient (Wildman–Crippen LogP) is 2.45. The van der Waals surface area contributed by atoms with E-state index in [2.05, 4.69) is 31.5 Å². The van der Waals surface area contributed by atoms with Crippen LogP contribution in [0.1, 0.15) is 34.4 Å². The van der Waals surface area contributed by atoms with Crippen LogP contribution in [0.5, 0.6) is 5.75 Å². The van der Waals surface area contributed by atoms with Crippen LogP contribution in [-0.2, 0) is 30.8 Å². The first-order valence-electron chi connectivity index (χ1n) is 8.84. The zero-order valence-electron chi connectivity index (χ0n) is 15.4. The highest BCUT2D eigenvalue weighted by atomic mass is 16.5. The number of benzene rings is 1. The lowest BCUT2D eigenvalue weighted by Gasteiger charge is -2.13. The van der Waals surface area contributed by atoms with Gasteiger partial charge in [0, 0.05) is 32.1 Å². The van der Waals surface area contributed by atoms with E-state index in [1.54, 1.807) is 7.11 Å². The van der Waals surface area contributed by atoms with Crippen molar-refractivity contribution in [2.24, 2.45) is 0 Å². The number of ether oxygens (including phenoxy) is 2. The highest BCUT2D eigenvalue weighted by Crippen LogP contribution is 2.30. The van der Waals surface area contributed by atoms with E-state index in [4.69, 9.17) is 14.0 Å². The number of rotatable bonds is 6. The molecular weight excluding hydrogens is 346 g/mol. The summed E-state index contributed by atoms with van der Waals surface area (Å²) in [6.45, 7) is 3.29. The third-order valence-electron chi connectivity index (χ3n) is 4.32. The highest BCUT2D eigenvalue weighted by molar-refractivity contribution is 5.52. The van der Waals surface area contributed by atoms with Gasteiger partial charge < -0.3 is 19.3 Å². The Morgan fingerprint density at radius 1 is 1.19 bits per heavy atom. The number of fused-ring (bicyclic) bond motifs is 2. The monoisotopic (exact) mass is 367 g/mol. The van der Waals surface area contributed by atoms with Crippen molar-refractivity contribution < 1.29 is 14.0 Å². The van der Waals surface area contributed by atoms with Gasteiger partial charge in [0.25, 0.3) is 0 Å². The summed E-state index contributed by atoms with van der Waals surface area (Å²) in [6, 6.07) is 8.06. The number of hydrogen-bond acceptors (Lipinski definition) is 8. The summed E-state index contributed by atoms with van der Waals surface area (Å²) >= 11 is 0. The smallest absolute Gasteiger partial charge is 0.228 e. The number of hydrogen-bond donors (Lipinski definition) is 1. The van der Waals surface area contributed by atoms with Gasteiger partial charge in [-0.25, -0.2) is 9.97 Å². The number of aromatic nitrogens is 4. The van der Waals surface area contributed by atoms with Crippen LogP contribution in [0.4, 0.5) is 5.82 Å². The molecule has 1 aromatic carbocycles. The second-order valence-electron chi connectivity index (χ2n) is 6.33. The molecule has 0 atom stereocenters. The molecule has 0 radical (unpaired) electrons. The van der Waals surface area contributed by atoms with Crippen molar-refractivity contribution in [3.63, 3.8) is 0 Å². The minimum absolute atomic E-state index is 0.342. The Labute approximate surface area is 156 Å². The van der Waals surface area contributed by atoms with Crippen molar-refractivity contribution in [3.05, 3.63) is 58.6 Å². The maximum absolute atomic E-state index is 5.92. The normalized spacial score (nSPS) is 12.7. The maximum Gasteiger partial charge on any atom is 0.228 e. The van der Waals surface area contributed by atoms with Crippen molar-refractivity contribution in [1.82, 2.24) is 20.1 Å². The molecular formula is C19H21N5O3. The van der Waals surface area contributed by atoms with E-state index in [0.717, 1.165) is 34.8 Å². The molecule has 0 fully saturated rings. The van der Waals surface area contributed by atoms with E-state index in [1.807, 2.05) is 25.1 Å². The highest BCUT2D eigenvalue weighted by Gasteiger charge is 2.20. The summed E-state index contributed by atoms with van der Waals surface area (Å²) in [7, 11) is 1.60. The maximum atomic E-state index is 5.92. The number of anilines is 1. The molecule has 3 heterocycles. The van der Waals surface area contributed by atoms with E-state index < -0.39 is 0 Å². The molecule has 2 aromatic heterocycles. The average molecular weight is 367 g/mol. The minimum Gasteiger partial charge on any atom is -0.487 e. The Kier molecular flexibility index (Phi) is 4.97. The molecule has 3 aromatic rings. The molecule has 0 unspecified atom stereocenters. The van der Waals surface area contributed by atoms with Gasteiger partial charge in [-0.1, -0.05) is 23.4 Å². The lowest BCUT2D eigenvalue weighted by molar-refractivity contribution is 0.174. The Hall–Kier alpha value is -3.00. The molecule has 0 saturated heterocycles. The molecule has 1 N–H and O–H groups in total. The van der Waals surface area contributed by atoms with E-state index >= 15 is 0 Å². The standard InChI is InChI=1S/C19H21N5O3/c1-12-21-15-10-26-16-6-4-3-5-13(16)9-14(15)19(22-12)20-8-7-18-23-17(11-25-2)24-27-18/h3-6H,7-11H2,1-2H3,(H,20,21,22). The second-order valence-corrected chi connectivity index (χ2v) is 6.33. The van der Waals surface area contributed by atoms with E-state index in [0.29, 0.717) is 43.7 Å². The Bertz CT molecular complexity index is 941. The molecule has 0 amide bonds. The molecule has 1 aliphatic heterocycles. The van der Waals surface area contributed by atoms with Gasteiger partial charge in [0.2, 0.25) is 5.89 Å². The first kappa shape index (κ1) is 17.4. The molecule has 8 heteroatoms. The van der Waals surface area contributed by atoms with E-state index in [1.165, 1.54) is 0 Å². The van der Waals surface area contributed by atoms with Crippen LogP contribution in [0, 0.1) is 6.92 Å². The minimum atomic E-state index is 0.342. The van der Waals surface area contributed by atoms with E-state index in [-0.39, 0.29) is 0 Å². The molecule has 140 valence electrons. The topological polar surface area (TPSA) is 95.2 Å². The summed E-state index contributed by atoms with van der Waals surface area (Å²) in [6.07, 6.45) is 1.33. The third-order valence-corrected chi connectivity index (χ3v) is 4.32. The van der Waals surface area contributed by atoms with Gasteiger partial charge in [-0.3, -0.25) is 0 Å². The molecule has 1 aliphatic rings. The first-order chi connectivity index (χ1) is 13.2. The van der Waals surface area contributed by atoms with Crippen LogP contribution in [0.2, 0.25) is 0 Å². The largest absolute Gasteiger partial charge is 0.487 e. The summed E-state index contributed by atoms with van der Waals surface area (Å²) in [5.74, 6) is 3.56. The van der Waals surface area contributed by atoms with Gasteiger partial charge >= 0.3 is 0 Å². The Balaban J connectivity index is 1.51. The molecule has 27 heavy (non-hydrogen) atoms. The third kappa shape index (κ3) is 3.90. The molecule has 0 spiro atoms. The van der Waals surface area contributed by atoms with Gasteiger partial charge in [-0.15, -0.1) is 0 Å². The van der Waals surface area contributed by atoms with Crippen molar-refractivity contribution in [2.45, 2.75) is 33.0 Å². The predicted molar refractivity (Wildman–Crippen MR) is 97.6 cm³/mol. The zero-order chi connectivity index (χ0) is 18.6. The molecule has 0 aliphatic carbocycles. The van der Waals surface area contributed by atoms with Crippen molar-refractivity contribution in [1.29, 1.82) is 0 Å². The van der Waals surface area contributed by atoms with Gasteiger partial charge in [-0.05, 0) is 18.6 Å². The average Bonchev–Trinajstić information content (AvgIpc) is 3.01. The van der Waals surface area contributed by atoms with Crippen molar-refractivity contribution in [3.8, 4) is 5.75 Å². The summed E-state index contributed by atoms with van der Waals surface area (Å²) in [5, 5.41) is 7.27. The fourth-order valence-corrected chi connectivity index (χ4v) is 3.10.